The van der Waals surface area contributed by atoms with Crippen LogP contribution < -0.4 is 22.5 Å². The van der Waals surface area contributed by atoms with Crippen LogP contribution in [0, 0.1) is 5.92 Å². The Labute approximate surface area is 242 Å². The van der Waals surface area contributed by atoms with Crippen LogP contribution in [0.15, 0.2) is 41.3 Å². The lowest BCUT2D eigenvalue weighted by Crippen LogP contribution is -2.58. The number of urea groups is 1. The van der Waals surface area contributed by atoms with Crippen LogP contribution in [0.2, 0.25) is 0 Å². The predicted octanol–water partition coefficient (Wildman–Crippen LogP) is 2.03. The fourth-order valence-electron chi connectivity index (χ4n) is 5.75. The molecular formula is C30H46N8O3. The van der Waals surface area contributed by atoms with Gasteiger partial charge in [-0.1, -0.05) is 18.6 Å². The predicted molar refractivity (Wildman–Crippen MR) is 161 cm³/mol. The van der Waals surface area contributed by atoms with Gasteiger partial charge in [0.2, 0.25) is 5.91 Å². The van der Waals surface area contributed by atoms with E-state index in [2.05, 4.69) is 41.3 Å². The van der Waals surface area contributed by atoms with E-state index in [1.165, 1.54) is 23.0 Å². The summed E-state index contributed by atoms with van der Waals surface area (Å²) in [5, 5.41) is 2.70. The van der Waals surface area contributed by atoms with Crippen LogP contribution in [0.25, 0.3) is 5.69 Å². The summed E-state index contributed by atoms with van der Waals surface area (Å²) in [5.74, 6) is 0.716. The second-order valence-corrected chi connectivity index (χ2v) is 12.3. The Morgan fingerprint density at radius 3 is 2.37 bits per heavy atom. The molecule has 1 saturated heterocycles. The van der Waals surface area contributed by atoms with Gasteiger partial charge in [-0.3, -0.25) is 14.7 Å². The van der Waals surface area contributed by atoms with Crippen molar-refractivity contribution in [1.29, 1.82) is 0 Å². The molecule has 4 rings (SSSR count). The van der Waals surface area contributed by atoms with Crippen LogP contribution >= 0.6 is 0 Å². The van der Waals surface area contributed by atoms with E-state index in [1.54, 1.807) is 35.9 Å². The van der Waals surface area contributed by atoms with Gasteiger partial charge in [-0.25, -0.2) is 9.59 Å². The minimum Gasteiger partial charge on any atom is -0.338 e. The largest absolute Gasteiger partial charge is 0.354 e. The Morgan fingerprint density at radius 2 is 1.76 bits per heavy atom. The normalized spacial score (nSPS) is 20.7. The smallest absolute Gasteiger partial charge is 0.338 e. The molecule has 224 valence electrons. The Morgan fingerprint density at radius 1 is 1.10 bits per heavy atom. The van der Waals surface area contributed by atoms with E-state index in [-0.39, 0.29) is 17.8 Å². The zero-order valence-corrected chi connectivity index (χ0v) is 24.9. The average molecular weight is 567 g/mol. The van der Waals surface area contributed by atoms with Crippen LogP contribution in [-0.2, 0) is 11.2 Å². The minimum absolute atomic E-state index is 0.141. The van der Waals surface area contributed by atoms with Gasteiger partial charge in [-0.05, 0) is 83.2 Å². The van der Waals surface area contributed by atoms with E-state index in [4.69, 9.17) is 11.5 Å². The van der Waals surface area contributed by atoms with E-state index in [1.807, 2.05) is 12.1 Å². The van der Waals surface area contributed by atoms with E-state index in [9.17, 15) is 14.4 Å². The third kappa shape index (κ3) is 8.15. The summed E-state index contributed by atoms with van der Waals surface area (Å²) in [4.78, 5) is 47.7. The maximum absolute atomic E-state index is 12.8. The van der Waals surface area contributed by atoms with Crippen LogP contribution in [0.3, 0.4) is 0 Å². The summed E-state index contributed by atoms with van der Waals surface area (Å²) in [6, 6.07) is 9.93. The molecule has 2 unspecified atom stereocenters. The second-order valence-electron chi connectivity index (χ2n) is 12.3. The molecule has 11 heteroatoms. The lowest BCUT2D eigenvalue weighted by Gasteiger charge is -2.37. The zero-order valence-electron chi connectivity index (χ0n) is 24.9. The SMILES string of the molecule is CC(Cc1ccc(-n2ccc(NC(=O)N3CCN(C(=O)C(C)(C)N)CC3)nc2=O)cc1)N(C)CC1CCC[C@@H](N)C1. The van der Waals surface area contributed by atoms with Crippen molar-refractivity contribution in [2.45, 2.75) is 70.5 Å². The summed E-state index contributed by atoms with van der Waals surface area (Å²) in [6.45, 7) is 8.22. The van der Waals surface area contributed by atoms with Crippen molar-refractivity contribution >= 4 is 17.8 Å². The fourth-order valence-corrected chi connectivity index (χ4v) is 5.75. The average Bonchev–Trinajstić information content (AvgIpc) is 2.93. The first-order valence-electron chi connectivity index (χ1n) is 14.7. The van der Waals surface area contributed by atoms with Gasteiger partial charge in [0, 0.05) is 51.0 Å². The van der Waals surface area contributed by atoms with E-state index in [0.717, 1.165) is 25.8 Å². The molecule has 2 heterocycles. The van der Waals surface area contributed by atoms with Crippen LogP contribution in [-0.4, -0.2) is 93.6 Å². The molecule has 0 spiro atoms. The molecule has 3 atom stereocenters. The zero-order chi connectivity index (χ0) is 29.7. The van der Waals surface area contributed by atoms with Crippen molar-refractivity contribution < 1.29 is 9.59 Å². The molecule has 0 bridgehead atoms. The van der Waals surface area contributed by atoms with Gasteiger partial charge in [0.25, 0.3) is 0 Å². The van der Waals surface area contributed by atoms with Gasteiger partial charge in [0.1, 0.15) is 5.82 Å². The van der Waals surface area contributed by atoms with Gasteiger partial charge in [0.15, 0.2) is 0 Å². The number of carbonyl (C=O) groups is 2. The van der Waals surface area contributed by atoms with Crippen molar-refractivity contribution in [3.63, 3.8) is 0 Å². The molecule has 2 aromatic rings. The Bertz CT molecular complexity index is 1250. The number of hydrogen-bond acceptors (Lipinski definition) is 7. The van der Waals surface area contributed by atoms with Crippen molar-refractivity contribution in [3.05, 3.63) is 52.6 Å². The van der Waals surface area contributed by atoms with E-state index >= 15 is 0 Å². The third-order valence-corrected chi connectivity index (χ3v) is 8.31. The summed E-state index contributed by atoms with van der Waals surface area (Å²) in [5.41, 5.74) is 12.6. The number of anilines is 1. The fraction of sp³-hybridized carbons (Fsp3) is 0.600. The highest BCUT2D eigenvalue weighted by molar-refractivity contribution is 5.89. The van der Waals surface area contributed by atoms with Crippen LogP contribution in [0.4, 0.5) is 10.6 Å². The van der Waals surface area contributed by atoms with Gasteiger partial charge in [-0.15, -0.1) is 0 Å². The van der Waals surface area contributed by atoms with E-state index < -0.39 is 11.2 Å². The van der Waals surface area contributed by atoms with Crippen molar-refractivity contribution in [2.24, 2.45) is 17.4 Å². The molecular weight excluding hydrogens is 520 g/mol. The number of carbonyl (C=O) groups excluding carboxylic acids is 2. The maximum Gasteiger partial charge on any atom is 0.354 e. The van der Waals surface area contributed by atoms with Gasteiger partial charge in [0.05, 0.1) is 11.2 Å². The van der Waals surface area contributed by atoms with Crippen LogP contribution in [0.5, 0.6) is 0 Å². The van der Waals surface area contributed by atoms with Gasteiger partial charge in [-0.2, -0.15) is 4.98 Å². The highest BCUT2D eigenvalue weighted by Gasteiger charge is 2.31. The summed E-state index contributed by atoms with van der Waals surface area (Å²) < 4.78 is 1.46. The number of likely N-dealkylation sites (N-methyl/N-ethyl adjacent to an activating group) is 1. The highest BCUT2D eigenvalue weighted by Crippen LogP contribution is 2.24. The number of hydrogen-bond donors (Lipinski definition) is 3. The van der Waals surface area contributed by atoms with Crippen molar-refractivity contribution in [3.8, 4) is 5.69 Å². The standard InChI is InChI=1S/C30H46N8O3/c1-21(35(4)20-23-6-5-7-24(31)19-23)18-22-8-10-25(11-9-22)38-13-12-26(34-29(38)41)33-28(40)37-16-14-36(15-17-37)27(39)30(2,3)32/h8-13,21,23-24H,5-7,14-20,31-32H2,1-4H3,(H,33,34,40,41)/t21?,23?,24-/m1/s1. The molecule has 1 aromatic heterocycles. The van der Waals surface area contributed by atoms with E-state index in [0.29, 0.717) is 49.9 Å². The Kier molecular flexibility index (Phi) is 9.83. The first-order chi connectivity index (χ1) is 19.4. The number of rotatable bonds is 8. The summed E-state index contributed by atoms with van der Waals surface area (Å²) in [7, 11) is 2.19. The van der Waals surface area contributed by atoms with Crippen molar-refractivity contribution in [1.82, 2.24) is 24.3 Å². The molecule has 1 aliphatic heterocycles. The third-order valence-electron chi connectivity index (χ3n) is 8.31. The first kappa shape index (κ1) is 30.7. The quantitative estimate of drug-likeness (QED) is 0.444. The number of nitrogens with one attached hydrogen (secondary N) is 1. The molecule has 1 aliphatic carbocycles. The molecule has 0 radical (unpaired) electrons. The molecule has 11 nitrogen and oxygen atoms in total. The lowest BCUT2D eigenvalue weighted by molar-refractivity contribution is -0.137. The molecule has 5 N–H and O–H groups in total. The number of benzene rings is 1. The first-order valence-corrected chi connectivity index (χ1v) is 14.7. The molecule has 41 heavy (non-hydrogen) atoms. The molecule has 1 saturated carbocycles. The number of nitrogens with two attached hydrogens (primary N) is 2. The maximum atomic E-state index is 12.8. The topological polar surface area (TPSA) is 143 Å². The molecule has 1 aromatic carbocycles. The number of aromatic nitrogens is 2. The van der Waals surface area contributed by atoms with Gasteiger partial charge >= 0.3 is 11.7 Å². The minimum atomic E-state index is -0.947. The van der Waals surface area contributed by atoms with Crippen molar-refractivity contribution in [2.75, 3.05) is 45.1 Å². The molecule has 3 amide bonds. The Hall–Kier alpha value is -3.28. The van der Waals surface area contributed by atoms with Gasteiger partial charge < -0.3 is 26.2 Å². The molecule has 2 fully saturated rings. The Balaban J connectivity index is 1.29. The molecule has 2 aliphatic rings. The lowest BCUT2D eigenvalue weighted by atomic mass is 9.85. The summed E-state index contributed by atoms with van der Waals surface area (Å²) >= 11 is 0. The summed E-state index contributed by atoms with van der Waals surface area (Å²) in [6.07, 6.45) is 7.29. The number of piperazine rings is 1. The number of amides is 3. The highest BCUT2D eigenvalue weighted by atomic mass is 16.2. The monoisotopic (exact) mass is 566 g/mol. The number of nitrogens with zero attached hydrogens (tertiary/aromatic N) is 5. The van der Waals surface area contributed by atoms with Crippen LogP contribution in [0.1, 0.15) is 52.0 Å². The second kappa shape index (κ2) is 13.1.